The van der Waals surface area contributed by atoms with E-state index in [9.17, 15) is 18.9 Å². The standard InChI is InChI=1S/C29H51O7PSi/c1-11-24-20(3)13-28(32)26(24)15-22(30)14-21-12-19(2)27(17-36-38(9,10)29(4,5)6)25(21)16-23(31)18-37(33,34-7)35-8/h14,19-20,24-27H,11-13,15-18H2,1-10H3/b21-14+/t19-,20-,24+,25+,26?,27+/m1/s1. The minimum atomic E-state index is -3.48. The lowest BCUT2D eigenvalue weighted by Crippen LogP contribution is -2.42. The van der Waals surface area contributed by atoms with Crippen molar-refractivity contribution in [2.75, 3.05) is 27.0 Å². The molecular weight excluding hydrogens is 519 g/mol. The molecular formula is C29H51O7PSi. The summed E-state index contributed by atoms with van der Waals surface area (Å²) in [7, 11) is -2.94. The van der Waals surface area contributed by atoms with Gasteiger partial charge in [-0.3, -0.25) is 18.9 Å². The van der Waals surface area contributed by atoms with Crippen LogP contribution in [0, 0.1) is 35.5 Å². The van der Waals surface area contributed by atoms with Crippen LogP contribution in [-0.2, 0) is 32.4 Å². The smallest absolute Gasteiger partial charge is 0.337 e. The molecule has 0 aliphatic heterocycles. The van der Waals surface area contributed by atoms with E-state index in [1.54, 1.807) is 6.08 Å². The van der Waals surface area contributed by atoms with Crippen molar-refractivity contribution >= 4 is 33.3 Å². The molecule has 6 atom stereocenters. The maximum atomic E-state index is 13.3. The summed E-state index contributed by atoms with van der Waals surface area (Å²) in [5, 5.41) is 0.0547. The van der Waals surface area contributed by atoms with Crippen molar-refractivity contribution in [3.8, 4) is 0 Å². The Balaban J connectivity index is 2.30. The summed E-state index contributed by atoms with van der Waals surface area (Å²) in [6.07, 6.45) is 3.93. The molecule has 9 heteroatoms. The number of ketones is 3. The Morgan fingerprint density at radius 1 is 1.00 bits per heavy atom. The molecule has 0 heterocycles. The van der Waals surface area contributed by atoms with Crippen LogP contribution in [-0.4, -0.2) is 52.7 Å². The third-order valence-corrected chi connectivity index (χ3v) is 15.9. The molecule has 2 aliphatic rings. The van der Waals surface area contributed by atoms with Gasteiger partial charge in [-0.1, -0.05) is 53.5 Å². The molecule has 2 fully saturated rings. The second-order valence-corrected chi connectivity index (χ2v) is 20.2. The van der Waals surface area contributed by atoms with Gasteiger partial charge in [-0.25, -0.2) is 0 Å². The van der Waals surface area contributed by atoms with Crippen LogP contribution in [0.1, 0.15) is 73.6 Å². The molecule has 218 valence electrons. The minimum absolute atomic E-state index is 0.0408. The number of carbonyl (C=O) groups excluding carboxylic acids is 3. The Labute approximate surface area is 231 Å². The monoisotopic (exact) mass is 570 g/mol. The zero-order chi connectivity index (χ0) is 29.1. The minimum Gasteiger partial charge on any atom is -0.417 e. The van der Waals surface area contributed by atoms with E-state index in [1.807, 2.05) is 0 Å². The fraction of sp³-hybridized carbons (Fsp3) is 0.828. The van der Waals surface area contributed by atoms with Crippen molar-refractivity contribution < 1.29 is 32.4 Å². The summed E-state index contributed by atoms with van der Waals surface area (Å²) in [5.41, 5.74) is 0.941. The van der Waals surface area contributed by atoms with Gasteiger partial charge < -0.3 is 13.5 Å². The molecule has 0 aromatic carbocycles. The molecule has 7 nitrogen and oxygen atoms in total. The molecule has 0 aromatic rings. The Morgan fingerprint density at radius 2 is 1.58 bits per heavy atom. The van der Waals surface area contributed by atoms with Gasteiger partial charge >= 0.3 is 7.60 Å². The van der Waals surface area contributed by atoms with E-state index in [0.717, 1.165) is 12.0 Å². The third kappa shape index (κ3) is 8.06. The van der Waals surface area contributed by atoms with Gasteiger partial charge in [0.2, 0.25) is 0 Å². The Morgan fingerprint density at radius 3 is 2.11 bits per heavy atom. The van der Waals surface area contributed by atoms with E-state index in [-0.39, 0.29) is 71.0 Å². The van der Waals surface area contributed by atoms with Crippen LogP contribution in [0.5, 0.6) is 0 Å². The molecule has 0 radical (unpaired) electrons. The van der Waals surface area contributed by atoms with Crippen LogP contribution in [0.2, 0.25) is 18.1 Å². The van der Waals surface area contributed by atoms with Gasteiger partial charge in [0.25, 0.3) is 0 Å². The van der Waals surface area contributed by atoms with Crippen LogP contribution in [0.3, 0.4) is 0 Å². The van der Waals surface area contributed by atoms with E-state index in [0.29, 0.717) is 25.4 Å². The van der Waals surface area contributed by atoms with Crippen LogP contribution in [0.4, 0.5) is 0 Å². The van der Waals surface area contributed by atoms with Gasteiger partial charge in [-0.05, 0) is 60.2 Å². The van der Waals surface area contributed by atoms with Crippen molar-refractivity contribution in [2.45, 2.75) is 91.8 Å². The normalized spacial score (nSPS) is 29.8. The number of carbonyl (C=O) groups is 3. The van der Waals surface area contributed by atoms with E-state index in [4.69, 9.17) is 13.5 Å². The predicted octanol–water partition coefficient (Wildman–Crippen LogP) is 6.86. The van der Waals surface area contributed by atoms with E-state index in [1.165, 1.54) is 14.2 Å². The van der Waals surface area contributed by atoms with Gasteiger partial charge in [-0.2, -0.15) is 0 Å². The first-order chi connectivity index (χ1) is 17.5. The van der Waals surface area contributed by atoms with Crippen molar-refractivity contribution in [1.29, 1.82) is 0 Å². The lowest BCUT2D eigenvalue weighted by molar-refractivity contribution is -0.125. The van der Waals surface area contributed by atoms with Crippen molar-refractivity contribution in [1.82, 2.24) is 0 Å². The van der Waals surface area contributed by atoms with Crippen molar-refractivity contribution in [3.63, 3.8) is 0 Å². The summed E-state index contributed by atoms with van der Waals surface area (Å²) in [4.78, 5) is 39.0. The van der Waals surface area contributed by atoms with Crippen molar-refractivity contribution in [3.05, 3.63) is 11.6 Å². The zero-order valence-corrected chi connectivity index (χ0v) is 27.2. The van der Waals surface area contributed by atoms with Crippen molar-refractivity contribution in [2.24, 2.45) is 35.5 Å². The molecule has 0 amide bonds. The summed E-state index contributed by atoms with van der Waals surface area (Å²) in [6, 6.07) is 0. The first-order valence-corrected chi connectivity index (χ1v) is 18.7. The number of allylic oxidation sites excluding steroid dienone is 2. The molecule has 2 aliphatic carbocycles. The molecule has 0 N–H and O–H groups in total. The van der Waals surface area contributed by atoms with Gasteiger partial charge in [0.15, 0.2) is 14.1 Å². The van der Waals surface area contributed by atoms with Gasteiger partial charge in [0.1, 0.15) is 17.7 Å². The summed E-state index contributed by atoms with van der Waals surface area (Å²) in [5.74, 6) is 0.380. The Bertz CT molecular complexity index is 943. The SMILES string of the molecule is CC[C@@H]1C(CC(=O)/C=C2\C[C@@H](C)[C@H](CO[Si](C)(C)C(C)(C)C)[C@H]2CC(=O)CP(=O)(OC)OC)C(=O)C[C@H]1C. The lowest BCUT2D eigenvalue weighted by atomic mass is 9.83. The summed E-state index contributed by atoms with van der Waals surface area (Å²) in [6.45, 7) is 17.9. The first kappa shape index (κ1) is 33.3. The van der Waals surface area contributed by atoms with Crippen LogP contribution in [0.25, 0.3) is 0 Å². The highest BCUT2D eigenvalue weighted by molar-refractivity contribution is 7.54. The molecule has 0 spiro atoms. The largest absolute Gasteiger partial charge is 0.417 e. The second-order valence-electron chi connectivity index (χ2n) is 13.1. The number of Topliss-reactive ketones (excluding diaryl/α,β-unsaturated/α-hetero) is 2. The Kier molecular flexibility index (Phi) is 11.5. The van der Waals surface area contributed by atoms with Gasteiger partial charge in [0, 0.05) is 46.0 Å². The zero-order valence-electron chi connectivity index (χ0n) is 25.3. The molecule has 38 heavy (non-hydrogen) atoms. The number of rotatable bonds is 13. The van der Waals surface area contributed by atoms with E-state index in [2.05, 4.69) is 54.6 Å². The molecule has 0 aromatic heterocycles. The molecule has 2 saturated carbocycles. The molecule has 1 unspecified atom stereocenters. The Hall–Kier alpha value is -0.923. The van der Waals surface area contributed by atoms with Crippen LogP contribution in [0.15, 0.2) is 11.6 Å². The second kappa shape index (κ2) is 13.2. The number of hydrogen-bond acceptors (Lipinski definition) is 7. The predicted molar refractivity (Wildman–Crippen MR) is 154 cm³/mol. The summed E-state index contributed by atoms with van der Waals surface area (Å²) >= 11 is 0. The highest BCUT2D eigenvalue weighted by Gasteiger charge is 2.44. The van der Waals surface area contributed by atoms with Gasteiger partial charge in [-0.15, -0.1) is 0 Å². The molecule has 0 bridgehead atoms. The highest BCUT2D eigenvalue weighted by atomic mass is 31.2. The van der Waals surface area contributed by atoms with E-state index < -0.39 is 15.9 Å². The topological polar surface area (TPSA) is 96.0 Å². The van der Waals surface area contributed by atoms with E-state index >= 15 is 0 Å². The average molecular weight is 571 g/mol. The molecule has 0 saturated heterocycles. The maximum Gasteiger partial charge on any atom is 0.337 e. The summed E-state index contributed by atoms with van der Waals surface area (Å²) < 4.78 is 29.2. The lowest BCUT2D eigenvalue weighted by Gasteiger charge is -2.38. The molecule has 2 rings (SSSR count). The maximum absolute atomic E-state index is 13.3. The quantitative estimate of drug-likeness (QED) is 0.136. The fourth-order valence-corrected chi connectivity index (χ4v) is 8.03. The number of hydrogen-bond donors (Lipinski definition) is 0. The van der Waals surface area contributed by atoms with Crippen LogP contribution >= 0.6 is 7.60 Å². The third-order valence-electron chi connectivity index (χ3n) is 9.52. The van der Waals surface area contributed by atoms with Crippen LogP contribution < -0.4 is 0 Å². The average Bonchev–Trinajstić information content (AvgIpc) is 3.24. The van der Waals surface area contributed by atoms with Gasteiger partial charge in [0.05, 0.1) is 0 Å². The fourth-order valence-electron chi connectivity index (χ4n) is 6.02. The highest BCUT2D eigenvalue weighted by Crippen LogP contribution is 2.49. The first-order valence-electron chi connectivity index (χ1n) is 14.1.